The van der Waals surface area contributed by atoms with Crippen LogP contribution in [0.5, 0.6) is 0 Å². The molecular weight excluding hydrogens is 389 g/mol. The van der Waals surface area contributed by atoms with Gasteiger partial charge in [0, 0.05) is 31.8 Å². The number of halogens is 2. The minimum absolute atomic E-state index is 0. The number of nitrogens with one attached hydrogen (secondary N) is 2. The number of benzene rings is 1. The summed E-state index contributed by atoms with van der Waals surface area (Å²) < 4.78 is 0. The van der Waals surface area contributed by atoms with Gasteiger partial charge in [0.05, 0.1) is 18.1 Å². The molecule has 0 bridgehead atoms. The Morgan fingerprint density at radius 1 is 1.22 bits per heavy atom. The Kier molecular flexibility index (Phi) is 9.74. The third-order valence-electron chi connectivity index (χ3n) is 4.06. The maximum Gasteiger partial charge on any atom is 0.267 e. The van der Waals surface area contributed by atoms with Crippen LogP contribution in [0, 0.1) is 0 Å². The van der Waals surface area contributed by atoms with Gasteiger partial charge in [-0.3, -0.25) is 19.9 Å². The zero-order valence-electron chi connectivity index (χ0n) is 14.6. The van der Waals surface area contributed by atoms with Crippen molar-refractivity contribution < 1.29 is 10.0 Å². The average Bonchev–Trinajstić information content (AvgIpc) is 3.08. The summed E-state index contributed by atoms with van der Waals surface area (Å²) in [5, 5.41) is 11.8. The highest BCUT2D eigenvalue weighted by molar-refractivity contribution is 5.90. The van der Waals surface area contributed by atoms with Gasteiger partial charge in [0.1, 0.15) is 5.82 Å². The zero-order chi connectivity index (χ0) is 17.5. The van der Waals surface area contributed by atoms with Crippen molar-refractivity contribution in [2.24, 2.45) is 0 Å². The van der Waals surface area contributed by atoms with Gasteiger partial charge in [0.2, 0.25) is 0 Å². The Bertz CT molecular complexity index is 728. The van der Waals surface area contributed by atoms with Gasteiger partial charge >= 0.3 is 0 Å². The predicted octanol–water partition coefficient (Wildman–Crippen LogP) is 2.53. The summed E-state index contributed by atoms with van der Waals surface area (Å²) >= 11 is 0. The number of carbonyl (C=O) groups is 1. The Hall–Kier alpha value is -2.19. The van der Waals surface area contributed by atoms with Gasteiger partial charge in [-0.1, -0.05) is 30.3 Å². The number of anilines is 1. The Morgan fingerprint density at radius 3 is 2.67 bits per heavy atom. The van der Waals surface area contributed by atoms with Gasteiger partial charge < -0.3 is 5.32 Å². The first kappa shape index (κ1) is 22.9. The SMILES string of the molecule is Cl.Cl.O=C(C=Cc1cnc(N[C@@H]2CCN(Cc3ccccc3)C2)cn1)NO. The van der Waals surface area contributed by atoms with E-state index in [1.54, 1.807) is 12.4 Å². The molecule has 1 saturated heterocycles. The van der Waals surface area contributed by atoms with Crippen molar-refractivity contribution in [3.05, 3.63) is 60.1 Å². The fourth-order valence-corrected chi connectivity index (χ4v) is 2.84. The highest BCUT2D eigenvalue weighted by Gasteiger charge is 2.22. The van der Waals surface area contributed by atoms with Crippen molar-refractivity contribution in [2.75, 3.05) is 18.4 Å². The summed E-state index contributed by atoms with van der Waals surface area (Å²) in [6.45, 7) is 2.98. The number of hydrogen-bond donors (Lipinski definition) is 3. The summed E-state index contributed by atoms with van der Waals surface area (Å²) in [4.78, 5) is 21.9. The number of nitrogens with zero attached hydrogens (tertiary/aromatic N) is 3. The maximum absolute atomic E-state index is 10.9. The van der Waals surface area contributed by atoms with E-state index in [1.165, 1.54) is 23.2 Å². The van der Waals surface area contributed by atoms with E-state index in [0.717, 1.165) is 31.9 Å². The molecule has 1 amide bonds. The second kappa shape index (κ2) is 11.5. The quantitative estimate of drug-likeness (QED) is 0.384. The molecule has 7 nitrogen and oxygen atoms in total. The van der Waals surface area contributed by atoms with Crippen LogP contribution in [0.2, 0.25) is 0 Å². The first-order valence-corrected chi connectivity index (χ1v) is 8.20. The van der Waals surface area contributed by atoms with Crippen molar-refractivity contribution in [1.82, 2.24) is 20.3 Å². The first-order valence-electron chi connectivity index (χ1n) is 8.20. The molecule has 1 atom stereocenters. The largest absolute Gasteiger partial charge is 0.365 e. The topological polar surface area (TPSA) is 90.4 Å². The molecule has 146 valence electrons. The summed E-state index contributed by atoms with van der Waals surface area (Å²) in [6.07, 6.45) is 6.97. The molecule has 0 radical (unpaired) electrons. The normalized spacial score (nSPS) is 16.4. The van der Waals surface area contributed by atoms with Gasteiger partial charge in [-0.15, -0.1) is 24.8 Å². The summed E-state index contributed by atoms with van der Waals surface area (Å²) in [5.41, 5.74) is 3.40. The van der Waals surface area contributed by atoms with E-state index in [0.29, 0.717) is 11.7 Å². The summed E-state index contributed by atoms with van der Waals surface area (Å²) in [7, 11) is 0. The molecule has 0 spiro atoms. The molecule has 9 heteroatoms. The molecule has 3 N–H and O–H groups in total. The minimum atomic E-state index is -0.603. The highest BCUT2D eigenvalue weighted by Crippen LogP contribution is 2.16. The second-order valence-electron chi connectivity index (χ2n) is 5.99. The van der Waals surface area contributed by atoms with Crippen molar-refractivity contribution in [3.8, 4) is 0 Å². The van der Waals surface area contributed by atoms with Crippen molar-refractivity contribution >= 4 is 42.6 Å². The van der Waals surface area contributed by atoms with E-state index in [4.69, 9.17) is 5.21 Å². The maximum atomic E-state index is 10.9. The van der Waals surface area contributed by atoms with E-state index in [9.17, 15) is 4.79 Å². The number of amides is 1. The molecule has 0 saturated carbocycles. The molecule has 0 aliphatic carbocycles. The third kappa shape index (κ3) is 7.15. The van der Waals surface area contributed by atoms with Crippen molar-refractivity contribution in [2.45, 2.75) is 19.0 Å². The van der Waals surface area contributed by atoms with Crippen LogP contribution in [0.4, 0.5) is 5.82 Å². The van der Waals surface area contributed by atoms with Gasteiger partial charge in [-0.2, -0.15) is 0 Å². The molecular formula is C18H23Cl2N5O2. The van der Waals surface area contributed by atoms with Gasteiger partial charge in [0.25, 0.3) is 5.91 Å². The predicted molar refractivity (Wildman–Crippen MR) is 109 cm³/mol. The van der Waals surface area contributed by atoms with Crippen molar-refractivity contribution in [1.29, 1.82) is 0 Å². The number of hydrogen-bond acceptors (Lipinski definition) is 6. The lowest BCUT2D eigenvalue weighted by atomic mass is 10.2. The van der Waals surface area contributed by atoms with Crippen LogP contribution in [0.3, 0.4) is 0 Å². The molecule has 2 heterocycles. The Balaban J connectivity index is 0.00000182. The van der Waals surface area contributed by atoms with E-state index >= 15 is 0 Å². The van der Waals surface area contributed by atoms with Gasteiger partial charge in [-0.25, -0.2) is 10.5 Å². The molecule has 3 rings (SSSR count). The first-order chi connectivity index (χ1) is 12.2. The number of likely N-dealkylation sites (tertiary alicyclic amines) is 1. The third-order valence-corrected chi connectivity index (χ3v) is 4.06. The molecule has 1 fully saturated rings. The lowest BCUT2D eigenvalue weighted by Gasteiger charge is -2.17. The minimum Gasteiger partial charge on any atom is -0.365 e. The van der Waals surface area contributed by atoms with Crippen LogP contribution in [0.25, 0.3) is 6.08 Å². The number of carbonyl (C=O) groups excluding carboxylic acids is 1. The van der Waals surface area contributed by atoms with Crippen LogP contribution in [-0.2, 0) is 11.3 Å². The summed E-state index contributed by atoms with van der Waals surface area (Å²) in [5.74, 6) is 0.115. The van der Waals surface area contributed by atoms with Crippen LogP contribution < -0.4 is 10.8 Å². The molecule has 1 aliphatic heterocycles. The monoisotopic (exact) mass is 411 g/mol. The van der Waals surface area contributed by atoms with Crippen LogP contribution in [0.1, 0.15) is 17.7 Å². The van der Waals surface area contributed by atoms with Gasteiger partial charge in [0.15, 0.2) is 0 Å². The highest BCUT2D eigenvalue weighted by atomic mass is 35.5. The van der Waals surface area contributed by atoms with Crippen LogP contribution >= 0.6 is 24.8 Å². The van der Waals surface area contributed by atoms with E-state index in [1.807, 2.05) is 6.07 Å². The Labute approximate surface area is 170 Å². The molecule has 2 aromatic rings. The van der Waals surface area contributed by atoms with E-state index < -0.39 is 5.91 Å². The molecule has 1 aromatic heterocycles. The van der Waals surface area contributed by atoms with E-state index in [-0.39, 0.29) is 24.8 Å². The fraction of sp³-hybridized carbons (Fsp3) is 0.278. The average molecular weight is 412 g/mol. The fourth-order valence-electron chi connectivity index (χ4n) is 2.84. The van der Waals surface area contributed by atoms with Crippen LogP contribution in [-0.4, -0.2) is 45.1 Å². The van der Waals surface area contributed by atoms with Crippen LogP contribution in [0.15, 0.2) is 48.8 Å². The van der Waals surface area contributed by atoms with Gasteiger partial charge in [-0.05, 0) is 18.1 Å². The molecule has 1 aromatic carbocycles. The Morgan fingerprint density at radius 2 is 2.00 bits per heavy atom. The van der Waals surface area contributed by atoms with E-state index in [2.05, 4.69) is 44.5 Å². The number of hydroxylamine groups is 1. The van der Waals surface area contributed by atoms with Crippen molar-refractivity contribution in [3.63, 3.8) is 0 Å². The molecule has 1 aliphatic rings. The zero-order valence-corrected chi connectivity index (χ0v) is 16.2. The lowest BCUT2D eigenvalue weighted by Crippen LogP contribution is -2.26. The standard InChI is InChI=1S/C18H21N5O2.2ClH/c24-18(22-25)7-6-15-10-20-17(11-19-15)21-16-8-9-23(13-16)12-14-4-2-1-3-5-14;;/h1-7,10-11,16,25H,8-9,12-13H2,(H,20,21)(H,22,24);2*1H/t16-;;/m1../s1. The molecule has 0 unspecified atom stereocenters. The second-order valence-corrected chi connectivity index (χ2v) is 5.99. The molecule has 27 heavy (non-hydrogen) atoms. The summed E-state index contributed by atoms with van der Waals surface area (Å²) in [6, 6.07) is 10.8. The smallest absolute Gasteiger partial charge is 0.267 e. The number of aromatic nitrogens is 2. The lowest BCUT2D eigenvalue weighted by molar-refractivity contribution is -0.124. The number of rotatable bonds is 6.